The maximum absolute atomic E-state index is 14.0. The molecular weight excluding hydrogens is 573 g/mol. The first-order valence-electron chi connectivity index (χ1n) is 15.5. The molecule has 1 aromatic carbocycles. The molecule has 1 saturated heterocycles. The third-order valence-electron chi connectivity index (χ3n) is 8.44. The van der Waals surface area contributed by atoms with Gasteiger partial charge in [-0.05, 0) is 98.0 Å². The van der Waals surface area contributed by atoms with E-state index in [0.29, 0.717) is 29.8 Å². The Labute approximate surface area is 257 Å². The molecule has 2 aliphatic rings. The highest BCUT2D eigenvalue weighted by atomic mass is 19.4. The van der Waals surface area contributed by atoms with Gasteiger partial charge in [-0.25, -0.2) is 9.97 Å². The number of alkyl halides is 3. The molecule has 2 atom stereocenters. The number of nitrogens with one attached hydrogen (secondary N) is 2. The van der Waals surface area contributed by atoms with E-state index in [1.165, 1.54) is 0 Å². The van der Waals surface area contributed by atoms with Gasteiger partial charge in [0.15, 0.2) is 0 Å². The summed E-state index contributed by atoms with van der Waals surface area (Å²) in [6.07, 6.45) is -0.214. The van der Waals surface area contributed by atoms with Gasteiger partial charge in [-0.1, -0.05) is 6.42 Å². The molecule has 9 nitrogen and oxygen atoms in total. The van der Waals surface area contributed by atoms with Crippen molar-refractivity contribution in [1.29, 1.82) is 0 Å². The molecule has 2 N–H and O–H groups in total. The molecule has 2 aromatic rings. The minimum Gasteiger partial charge on any atom is -0.490 e. The Morgan fingerprint density at radius 3 is 2.45 bits per heavy atom. The van der Waals surface area contributed by atoms with E-state index in [9.17, 15) is 22.8 Å². The van der Waals surface area contributed by atoms with E-state index in [4.69, 9.17) is 4.74 Å². The molecule has 2 heterocycles. The van der Waals surface area contributed by atoms with Crippen LogP contribution in [0, 0.1) is 11.8 Å². The third-order valence-corrected chi connectivity index (χ3v) is 8.44. The Morgan fingerprint density at radius 2 is 1.82 bits per heavy atom. The number of carbonyl (C=O) groups excluding carboxylic acids is 2. The summed E-state index contributed by atoms with van der Waals surface area (Å²) in [6, 6.07) is 5.06. The highest BCUT2D eigenvalue weighted by Gasteiger charge is 2.39. The molecule has 1 aromatic heterocycles. The van der Waals surface area contributed by atoms with E-state index in [-0.39, 0.29) is 59.9 Å². The van der Waals surface area contributed by atoms with Gasteiger partial charge in [0.05, 0.1) is 22.9 Å². The summed E-state index contributed by atoms with van der Waals surface area (Å²) in [7, 11) is 3.88. The third kappa shape index (κ3) is 8.40. The normalized spacial score (nSPS) is 19.8. The number of benzene rings is 1. The minimum absolute atomic E-state index is 0.00723. The summed E-state index contributed by atoms with van der Waals surface area (Å²) in [6.45, 7) is 9.28. The number of hydrogen-bond acceptors (Lipinski definition) is 7. The average molecular weight is 619 g/mol. The lowest BCUT2D eigenvalue weighted by molar-refractivity contribution is -0.138. The zero-order valence-electron chi connectivity index (χ0n) is 26.5. The molecule has 242 valence electrons. The first-order valence-corrected chi connectivity index (χ1v) is 15.5. The smallest absolute Gasteiger partial charge is 0.419 e. The highest BCUT2D eigenvalue weighted by Crippen LogP contribution is 2.38. The maximum atomic E-state index is 14.0. The number of anilines is 2. The van der Waals surface area contributed by atoms with Gasteiger partial charge in [-0.3, -0.25) is 9.59 Å². The zero-order valence-corrected chi connectivity index (χ0v) is 26.5. The van der Waals surface area contributed by atoms with E-state index in [0.717, 1.165) is 38.5 Å². The monoisotopic (exact) mass is 618 g/mol. The Bertz CT molecular complexity index is 1310. The van der Waals surface area contributed by atoms with E-state index in [1.54, 1.807) is 23.1 Å². The van der Waals surface area contributed by atoms with Crippen LogP contribution in [0.1, 0.15) is 81.4 Å². The second-order valence-electron chi connectivity index (χ2n) is 12.7. The zero-order chi connectivity index (χ0) is 32.2. The molecule has 1 saturated carbocycles. The maximum Gasteiger partial charge on any atom is 0.419 e. The molecule has 4 rings (SSSR count). The lowest BCUT2D eigenvalue weighted by Gasteiger charge is -2.35. The fraction of sp³-hybridized carbons (Fsp3) is 0.625. The first-order chi connectivity index (χ1) is 20.7. The largest absolute Gasteiger partial charge is 0.490 e. The van der Waals surface area contributed by atoms with Crippen LogP contribution in [0.5, 0.6) is 5.75 Å². The standard InChI is InChI=1S/C32H45F3N6O3/c1-19(2)37-29(42)24-9-7-8-21(24)16-27-26(32(33,34)35)18-36-31(39-27)38-22-10-11-25(28(17-22)44-20(3)4)30(43)41(6)23-12-14-40(5)15-13-23/h10-11,17-21,23-24H,7-9,12-16H2,1-6H3,(H,37,42)(H,36,38,39)/t21-,24-/m0/s1. The summed E-state index contributed by atoms with van der Waals surface area (Å²) < 4.78 is 48.0. The van der Waals surface area contributed by atoms with Crippen molar-refractivity contribution in [2.45, 2.75) is 90.6 Å². The lowest BCUT2D eigenvalue weighted by Crippen LogP contribution is -2.44. The van der Waals surface area contributed by atoms with Gasteiger partial charge in [0.1, 0.15) is 5.75 Å². The van der Waals surface area contributed by atoms with Gasteiger partial charge in [0, 0.05) is 43.0 Å². The Kier molecular flexibility index (Phi) is 10.8. The fourth-order valence-corrected chi connectivity index (χ4v) is 6.13. The van der Waals surface area contributed by atoms with Crippen LogP contribution >= 0.6 is 0 Å². The number of hydrogen-bond donors (Lipinski definition) is 2. The van der Waals surface area contributed by atoms with Crippen molar-refractivity contribution in [3.8, 4) is 5.75 Å². The van der Waals surface area contributed by atoms with Gasteiger partial charge in [-0.2, -0.15) is 13.2 Å². The number of rotatable bonds is 10. The summed E-state index contributed by atoms with van der Waals surface area (Å²) in [4.78, 5) is 38.6. The quantitative estimate of drug-likeness (QED) is 0.354. The fourth-order valence-electron chi connectivity index (χ4n) is 6.13. The molecule has 12 heteroatoms. The van der Waals surface area contributed by atoms with Gasteiger partial charge in [-0.15, -0.1) is 0 Å². The predicted molar refractivity (Wildman–Crippen MR) is 163 cm³/mol. The number of carbonyl (C=O) groups is 2. The van der Waals surface area contributed by atoms with Crippen LogP contribution in [0.15, 0.2) is 24.4 Å². The number of amides is 2. The van der Waals surface area contributed by atoms with Crippen molar-refractivity contribution in [1.82, 2.24) is 25.1 Å². The highest BCUT2D eigenvalue weighted by molar-refractivity contribution is 5.97. The van der Waals surface area contributed by atoms with Crippen molar-refractivity contribution >= 4 is 23.5 Å². The summed E-state index contributed by atoms with van der Waals surface area (Å²) in [5.74, 6) is -0.535. The molecule has 44 heavy (non-hydrogen) atoms. The summed E-state index contributed by atoms with van der Waals surface area (Å²) in [5, 5.41) is 5.91. The average Bonchev–Trinajstić information content (AvgIpc) is 3.40. The van der Waals surface area contributed by atoms with E-state index < -0.39 is 11.7 Å². The molecule has 0 spiro atoms. The minimum atomic E-state index is -4.64. The number of ether oxygens (including phenoxy) is 1. The molecule has 2 amide bonds. The van der Waals surface area contributed by atoms with Crippen LogP contribution in [0.4, 0.5) is 24.8 Å². The summed E-state index contributed by atoms with van der Waals surface area (Å²) in [5.41, 5.74) is -0.166. The molecule has 1 aliphatic heterocycles. The molecule has 1 aliphatic carbocycles. The van der Waals surface area contributed by atoms with Crippen LogP contribution in [-0.4, -0.2) is 77.0 Å². The van der Waals surface area contributed by atoms with Crippen LogP contribution in [0.3, 0.4) is 0 Å². The van der Waals surface area contributed by atoms with Crippen molar-refractivity contribution in [3.63, 3.8) is 0 Å². The van der Waals surface area contributed by atoms with Crippen LogP contribution < -0.4 is 15.4 Å². The van der Waals surface area contributed by atoms with Gasteiger partial charge in [0.2, 0.25) is 11.9 Å². The second-order valence-corrected chi connectivity index (χ2v) is 12.7. The second kappa shape index (κ2) is 14.1. The topological polar surface area (TPSA) is 99.7 Å². The molecule has 0 bridgehead atoms. The number of nitrogens with zero attached hydrogens (tertiary/aromatic N) is 4. The Balaban J connectivity index is 1.58. The number of piperidine rings is 1. The first kappa shape index (κ1) is 33.5. The molecule has 0 unspecified atom stereocenters. The van der Waals surface area contributed by atoms with Gasteiger partial charge >= 0.3 is 6.18 Å². The number of likely N-dealkylation sites (tertiary alicyclic amines) is 1. The van der Waals surface area contributed by atoms with Gasteiger partial charge in [0.25, 0.3) is 5.91 Å². The number of aromatic nitrogens is 2. The van der Waals surface area contributed by atoms with Crippen molar-refractivity contribution in [2.24, 2.45) is 11.8 Å². The van der Waals surface area contributed by atoms with Crippen LogP contribution in [0.25, 0.3) is 0 Å². The molecule has 0 radical (unpaired) electrons. The lowest BCUT2D eigenvalue weighted by atomic mass is 9.89. The molecular formula is C32H45F3N6O3. The van der Waals surface area contributed by atoms with E-state index in [1.807, 2.05) is 34.7 Å². The van der Waals surface area contributed by atoms with Gasteiger partial charge < -0.3 is 25.2 Å². The van der Waals surface area contributed by atoms with E-state index in [2.05, 4.69) is 32.5 Å². The van der Waals surface area contributed by atoms with Crippen molar-refractivity contribution in [2.75, 3.05) is 32.5 Å². The molecule has 2 fully saturated rings. The van der Waals surface area contributed by atoms with E-state index >= 15 is 0 Å². The van der Waals surface area contributed by atoms with Crippen molar-refractivity contribution < 1.29 is 27.5 Å². The van der Waals surface area contributed by atoms with Crippen molar-refractivity contribution in [3.05, 3.63) is 41.2 Å². The predicted octanol–water partition coefficient (Wildman–Crippen LogP) is 5.68. The Hall–Kier alpha value is -3.41. The van der Waals surface area contributed by atoms with Crippen LogP contribution in [0.2, 0.25) is 0 Å². The van der Waals surface area contributed by atoms with Crippen LogP contribution in [-0.2, 0) is 17.4 Å². The Morgan fingerprint density at radius 1 is 1.11 bits per heavy atom. The summed E-state index contributed by atoms with van der Waals surface area (Å²) >= 11 is 0. The SMILES string of the molecule is CC(C)NC(=O)[C@H]1CCC[C@H]1Cc1nc(Nc2ccc(C(=O)N(C)C3CCN(C)CC3)c(OC(C)C)c2)ncc1C(F)(F)F. The number of halogens is 3.